The largest absolute Gasteiger partial charge is 0.495 e. The number of halogens is 2. The Labute approximate surface area is 74.0 Å². The molecule has 1 rings (SSSR count). The number of nitrogens with zero attached hydrogens (tertiary/aromatic N) is 1. The molecule has 0 aromatic carbocycles. The number of hydrogen-bond acceptors (Lipinski definition) is 3. The van der Waals surface area contributed by atoms with Crippen molar-refractivity contribution in [3.8, 4) is 5.75 Å². The van der Waals surface area contributed by atoms with Crippen LogP contribution in [0, 0.1) is 0 Å². The average molecular weight is 189 g/mol. The molecule has 13 heavy (non-hydrogen) atoms. The highest BCUT2D eigenvalue weighted by Gasteiger charge is 2.14. The van der Waals surface area contributed by atoms with Crippen LogP contribution < -0.4 is 4.74 Å². The molecule has 0 atom stereocenters. The molecule has 0 saturated heterocycles. The minimum Gasteiger partial charge on any atom is -0.495 e. The molecule has 0 aliphatic carbocycles. The van der Waals surface area contributed by atoms with Crippen molar-refractivity contribution >= 4 is 0 Å². The van der Waals surface area contributed by atoms with Gasteiger partial charge < -0.3 is 9.84 Å². The second-order valence-corrected chi connectivity index (χ2v) is 2.37. The lowest BCUT2D eigenvalue weighted by Gasteiger charge is -2.07. The Balaban J connectivity index is 3.10. The Hall–Kier alpha value is -1.23. The molecule has 0 radical (unpaired) electrons. The topological polar surface area (TPSA) is 42.4 Å². The first-order valence-corrected chi connectivity index (χ1v) is 3.61. The van der Waals surface area contributed by atoms with E-state index in [-0.39, 0.29) is 17.0 Å². The van der Waals surface area contributed by atoms with Crippen LogP contribution in [-0.2, 0) is 6.61 Å². The van der Waals surface area contributed by atoms with Gasteiger partial charge in [-0.15, -0.1) is 0 Å². The maximum absolute atomic E-state index is 12.3. The summed E-state index contributed by atoms with van der Waals surface area (Å²) in [6.07, 6.45) is -1.36. The predicted octanol–water partition coefficient (Wildman–Crippen LogP) is 1.52. The van der Waals surface area contributed by atoms with E-state index in [1.54, 1.807) is 0 Å². The molecule has 0 fully saturated rings. The second kappa shape index (κ2) is 4.13. The van der Waals surface area contributed by atoms with Gasteiger partial charge in [-0.2, -0.15) is 0 Å². The van der Waals surface area contributed by atoms with Crippen molar-refractivity contribution in [3.63, 3.8) is 0 Å². The lowest BCUT2D eigenvalue weighted by Crippen LogP contribution is -1.99. The van der Waals surface area contributed by atoms with Crippen LogP contribution in [0.2, 0.25) is 0 Å². The predicted molar refractivity (Wildman–Crippen MR) is 41.7 cm³/mol. The molecule has 1 N–H and O–H groups in total. The molecule has 0 aliphatic heterocycles. The molecule has 0 spiro atoms. The number of methoxy groups -OCH3 is 1. The summed E-state index contributed by atoms with van der Waals surface area (Å²) < 4.78 is 29.4. The van der Waals surface area contributed by atoms with Crippen LogP contribution in [0.1, 0.15) is 17.7 Å². The molecular formula is C8H9F2NO2. The van der Waals surface area contributed by atoms with E-state index in [0.717, 1.165) is 0 Å². The maximum atomic E-state index is 12.3. The number of aromatic nitrogens is 1. The molecule has 5 heteroatoms. The molecule has 0 aliphatic rings. The van der Waals surface area contributed by atoms with Gasteiger partial charge in [-0.25, -0.2) is 8.78 Å². The standard InChI is InChI=1S/C8H9F2NO2/c1-13-5-2-6(8(9)10)7(4-12)11-3-5/h2-3,8,12H,4H2,1H3. The third-order valence-corrected chi connectivity index (χ3v) is 1.60. The van der Waals surface area contributed by atoms with Crippen molar-refractivity contribution in [2.75, 3.05) is 7.11 Å². The van der Waals surface area contributed by atoms with Gasteiger partial charge in [0.25, 0.3) is 6.43 Å². The number of pyridine rings is 1. The fourth-order valence-electron chi connectivity index (χ4n) is 0.923. The Morgan fingerprint density at radius 2 is 2.31 bits per heavy atom. The summed E-state index contributed by atoms with van der Waals surface area (Å²) in [6, 6.07) is 1.17. The maximum Gasteiger partial charge on any atom is 0.265 e. The number of ether oxygens (including phenoxy) is 1. The van der Waals surface area contributed by atoms with Crippen LogP contribution in [0.15, 0.2) is 12.3 Å². The summed E-state index contributed by atoms with van der Waals surface area (Å²) in [5.74, 6) is 0.257. The van der Waals surface area contributed by atoms with Crippen molar-refractivity contribution in [3.05, 3.63) is 23.5 Å². The highest BCUT2D eigenvalue weighted by molar-refractivity contribution is 5.29. The first kappa shape index (κ1) is 9.85. The number of aliphatic hydroxyl groups excluding tert-OH is 1. The summed E-state index contributed by atoms with van der Waals surface area (Å²) >= 11 is 0. The summed E-state index contributed by atoms with van der Waals surface area (Å²) in [5.41, 5.74) is -0.308. The number of aliphatic hydroxyl groups is 1. The fourth-order valence-corrected chi connectivity index (χ4v) is 0.923. The van der Waals surface area contributed by atoms with Crippen LogP contribution in [0.5, 0.6) is 5.75 Å². The van der Waals surface area contributed by atoms with Crippen LogP contribution >= 0.6 is 0 Å². The lowest BCUT2D eigenvalue weighted by atomic mass is 10.2. The van der Waals surface area contributed by atoms with Gasteiger partial charge in [0.1, 0.15) is 5.75 Å². The number of rotatable bonds is 3. The third kappa shape index (κ3) is 2.12. The zero-order chi connectivity index (χ0) is 9.84. The Morgan fingerprint density at radius 1 is 1.62 bits per heavy atom. The quantitative estimate of drug-likeness (QED) is 0.783. The van der Waals surface area contributed by atoms with Crippen LogP contribution in [0.3, 0.4) is 0 Å². The van der Waals surface area contributed by atoms with Crippen LogP contribution in [0.25, 0.3) is 0 Å². The molecular weight excluding hydrogens is 180 g/mol. The van der Waals surface area contributed by atoms with E-state index in [9.17, 15) is 8.78 Å². The van der Waals surface area contributed by atoms with Gasteiger partial charge in [-0.05, 0) is 6.07 Å². The smallest absolute Gasteiger partial charge is 0.265 e. The van der Waals surface area contributed by atoms with E-state index >= 15 is 0 Å². The van der Waals surface area contributed by atoms with E-state index in [4.69, 9.17) is 9.84 Å². The van der Waals surface area contributed by atoms with Crippen molar-refractivity contribution in [2.24, 2.45) is 0 Å². The summed E-state index contributed by atoms with van der Waals surface area (Å²) in [6.45, 7) is -0.496. The molecule has 0 saturated carbocycles. The molecule has 1 heterocycles. The summed E-state index contributed by atoms with van der Waals surface area (Å²) in [5, 5.41) is 8.69. The second-order valence-electron chi connectivity index (χ2n) is 2.37. The molecule has 72 valence electrons. The van der Waals surface area contributed by atoms with Crippen molar-refractivity contribution in [2.45, 2.75) is 13.0 Å². The Bertz CT molecular complexity index is 291. The van der Waals surface area contributed by atoms with Gasteiger partial charge in [-0.3, -0.25) is 4.98 Å². The Kier molecular flexibility index (Phi) is 3.13. The van der Waals surface area contributed by atoms with Gasteiger partial charge in [-0.1, -0.05) is 0 Å². The van der Waals surface area contributed by atoms with Gasteiger partial charge in [0, 0.05) is 5.56 Å². The average Bonchev–Trinajstić information content (AvgIpc) is 2.16. The third-order valence-electron chi connectivity index (χ3n) is 1.60. The first-order valence-electron chi connectivity index (χ1n) is 3.61. The lowest BCUT2D eigenvalue weighted by molar-refractivity contribution is 0.145. The van der Waals surface area contributed by atoms with Crippen molar-refractivity contribution in [1.82, 2.24) is 4.98 Å². The molecule has 1 aromatic rings. The minimum atomic E-state index is -2.65. The Morgan fingerprint density at radius 3 is 2.77 bits per heavy atom. The van der Waals surface area contributed by atoms with E-state index in [1.165, 1.54) is 19.4 Å². The van der Waals surface area contributed by atoms with E-state index < -0.39 is 13.0 Å². The fraction of sp³-hybridized carbons (Fsp3) is 0.375. The minimum absolute atomic E-state index is 0.0178. The van der Waals surface area contributed by atoms with E-state index in [2.05, 4.69) is 4.98 Å². The molecule has 0 unspecified atom stereocenters. The number of hydrogen-bond donors (Lipinski definition) is 1. The van der Waals surface area contributed by atoms with Gasteiger partial charge in [0.2, 0.25) is 0 Å². The molecule has 1 aromatic heterocycles. The van der Waals surface area contributed by atoms with Crippen LogP contribution in [0.4, 0.5) is 8.78 Å². The monoisotopic (exact) mass is 189 g/mol. The van der Waals surface area contributed by atoms with E-state index in [1.807, 2.05) is 0 Å². The SMILES string of the molecule is COc1cnc(CO)c(C(F)F)c1. The van der Waals surface area contributed by atoms with Gasteiger partial charge >= 0.3 is 0 Å². The zero-order valence-corrected chi connectivity index (χ0v) is 7.00. The summed E-state index contributed by atoms with van der Waals surface area (Å²) in [4.78, 5) is 3.63. The van der Waals surface area contributed by atoms with Gasteiger partial charge in [0.15, 0.2) is 0 Å². The number of alkyl halides is 2. The molecule has 0 bridgehead atoms. The highest BCUT2D eigenvalue weighted by Crippen LogP contribution is 2.25. The van der Waals surface area contributed by atoms with Crippen molar-refractivity contribution < 1.29 is 18.6 Å². The van der Waals surface area contributed by atoms with Crippen molar-refractivity contribution in [1.29, 1.82) is 0 Å². The summed E-state index contributed by atoms with van der Waals surface area (Å²) in [7, 11) is 1.37. The highest BCUT2D eigenvalue weighted by atomic mass is 19.3. The van der Waals surface area contributed by atoms with E-state index in [0.29, 0.717) is 0 Å². The van der Waals surface area contributed by atoms with Gasteiger partial charge in [0.05, 0.1) is 25.6 Å². The first-order chi connectivity index (χ1) is 6.19. The van der Waals surface area contributed by atoms with Crippen LogP contribution in [-0.4, -0.2) is 17.2 Å². The molecule has 3 nitrogen and oxygen atoms in total. The zero-order valence-electron chi connectivity index (χ0n) is 7.00. The molecule has 0 amide bonds. The normalized spacial score (nSPS) is 10.5.